The van der Waals surface area contributed by atoms with Crippen LogP contribution in [-0.4, -0.2) is 72.6 Å². The number of ether oxygens (including phenoxy) is 6. The van der Waals surface area contributed by atoms with E-state index in [1.54, 1.807) is 79.1 Å². The first-order chi connectivity index (χ1) is 20.5. The van der Waals surface area contributed by atoms with Crippen molar-refractivity contribution in [1.29, 1.82) is 0 Å². The number of aromatic nitrogens is 6. The first kappa shape index (κ1) is 25.4. The van der Waals surface area contributed by atoms with Crippen LogP contribution in [0, 0.1) is 0 Å². The van der Waals surface area contributed by atoms with Gasteiger partial charge in [-0.1, -0.05) is 0 Å². The fourth-order valence-electron chi connectivity index (χ4n) is 5.14. The number of methoxy groups -OCH3 is 6. The van der Waals surface area contributed by atoms with Crippen LogP contribution in [0.15, 0.2) is 36.4 Å². The second-order valence-corrected chi connectivity index (χ2v) is 9.35. The number of rotatable bonds is 6. The van der Waals surface area contributed by atoms with E-state index in [0.29, 0.717) is 101 Å². The molecule has 0 saturated carbocycles. The van der Waals surface area contributed by atoms with Crippen LogP contribution in [0.5, 0.6) is 34.5 Å². The normalized spacial score (nSPS) is 11.6. The third kappa shape index (κ3) is 3.68. The largest absolute Gasteiger partial charge is 0.493 e. The summed E-state index contributed by atoms with van der Waals surface area (Å²) in [5, 5.41) is 0. The molecule has 0 aliphatic rings. The lowest BCUT2D eigenvalue weighted by molar-refractivity contribution is 0.355. The summed E-state index contributed by atoms with van der Waals surface area (Å²) in [5.74, 6) is 3.19. The molecule has 210 valence electrons. The van der Waals surface area contributed by atoms with Crippen LogP contribution >= 0.6 is 0 Å². The average Bonchev–Trinajstić information content (AvgIpc) is 3.03. The fraction of sp³-hybridized carbons (Fsp3) is 0.200. The molecule has 0 aliphatic heterocycles. The molecule has 3 heterocycles. The van der Waals surface area contributed by atoms with Gasteiger partial charge in [-0.05, 0) is 0 Å². The monoisotopic (exact) mass is 564 g/mol. The number of hydrogen-bond donors (Lipinski definition) is 0. The lowest BCUT2D eigenvalue weighted by Gasteiger charge is -2.13. The van der Waals surface area contributed by atoms with Crippen LogP contribution in [0.25, 0.3) is 66.2 Å². The van der Waals surface area contributed by atoms with Gasteiger partial charge in [0.25, 0.3) is 0 Å². The first-order valence-electron chi connectivity index (χ1n) is 12.8. The van der Waals surface area contributed by atoms with Crippen molar-refractivity contribution >= 4 is 66.2 Å². The van der Waals surface area contributed by atoms with Gasteiger partial charge in [0.1, 0.15) is 33.1 Å². The molecule has 7 rings (SSSR count). The molecule has 3 aromatic heterocycles. The Morgan fingerprint density at radius 3 is 0.548 bits per heavy atom. The third-order valence-corrected chi connectivity index (χ3v) is 7.18. The van der Waals surface area contributed by atoms with Gasteiger partial charge >= 0.3 is 0 Å². The summed E-state index contributed by atoms with van der Waals surface area (Å²) in [4.78, 5) is 30.0. The molecule has 0 aliphatic carbocycles. The van der Waals surface area contributed by atoms with Crippen LogP contribution in [-0.2, 0) is 0 Å². The molecule has 0 radical (unpaired) electrons. The lowest BCUT2D eigenvalue weighted by Crippen LogP contribution is -2.01. The Morgan fingerprint density at radius 1 is 0.286 bits per heavy atom. The average molecular weight is 565 g/mol. The molecule has 0 bridgehead atoms. The molecular weight excluding hydrogens is 540 g/mol. The Hall–Kier alpha value is -5.52. The van der Waals surface area contributed by atoms with Crippen LogP contribution in [0.4, 0.5) is 0 Å². The minimum absolute atomic E-state index is 0.510. The zero-order chi connectivity index (χ0) is 29.1. The van der Waals surface area contributed by atoms with E-state index in [-0.39, 0.29) is 0 Å². The van der Waals surface area contributed by atoms with Gasteiger partial charge in [-0.25, -0.2) is 29.9 Å². The Kier molecular flexibility index (Phi) is 5.78. The van der Waals surface area contributed by atoms with E-state index in [4.69, 9.17) is 58.3 Å². The number of nitrogens with zero attached hydrogens (tertiary/aromatic N) is 6. The van der Waals surface area contributed by atoms with Crippen molar-refractivity contribution in [2.24, 2.45) is 0 Å². The van der Waals surface area contributed by atoms with Gasteiger partial charge in [-0.15, -0.1) is 0 Å². The fourth-order valence-corrected chi connectivity index (χ4v) is 5.14. The quantitative estimate of drug-likeness (QED) is 0.198. The maximum atomic E-state index is 5.52. The van der Waals surface area contributed by atoms with Crippen molar-refractivity contribution in [2.75, 3.05) is 42.7 Å². The predicted octanol–water partition coefficient (Wildman–Crippen LogP) is 5.03. The van der Waals surface area contributed by atoms with Crippen molar-refractivity contribution in [2.45, 2.75) is 0 Å². The SMILES string of the molecule is COc1cc2nc3c4nc5cc(OC)c(OC)cc5nc4c4nc5cc(OC)c(OC)cc5nc4c3nc2cc1OC. The Bertz CT molecular complexity index is 1800. The smallest absolute Gasteiger partial charge is 0.163 e. The minimum atomic E-state index is 0.510. The van der Waals surface area contributed by atoms with Crippen LogP contribution in [0.2, 0.25) is 0 Å². The Balaban J connectivity index is 1.69. The highest BCUT2D eigenvalue weighted by Crippen LogP contribution is 2.39. The summed E-state index contributed by atoms with van der Waals surface area (Å²) in [5.41, 5.74) is 6.61. The predicted molar refractivity (Wildman–Crippen MR) is 158 cm³/mol. The molecule has 0 N–H and O–H groups in total. The van der Waals surface area contributed by atoms with Gasteiger partial charge in [0.15, 0.2) is 34.5 Å². The van der Waals surface area contributed by atoms with Gasteiger partial charge in [-0.3, -0.25) is 0 Å². The van der Waals surface area contributed by atoms with E-state index >= 15 is 0 Å². The summed E-state index contributed by atoms with van der Waals surface area (Å²) in [6.07, 6.45) is 0. The van der Waals surface area contributed by atoms with Gasteiger partial charge in [0.05, 0.1) is 75.8 Å². The van der Waals surface area contributed by atoms with E-state index in [1.807, 2.05) is 0 Å². The van der Waals surface area contributed by atoms with Crippen LogP contribution < -0.4 is 28.4 Å². The molecule has 0 spiro atoms. The van der Waals surface area contributed by atoms with Gasteiger partial charge in [0.2, 0.25) is 0 Å². The van der Waals surface area contributed by atoms with Gasteiger partial charge < -0.3 is 28.4 Å². The van der Waals surface area contributed by atoms with Gasteiger partial charge in [0, 0.05) is 36.4 Å². The maximum absolute atomic E-state index is 5.52. The summed E-state index contributed by atoms with van der Waals surface area (Å²) in [6, 6.07) is 10.7. The van der Waals surface area contributed by atoms with E-state index < -0.39 is 0 Å². The van der Waals surface area contributed by atoms with Crippen molar-refractivity contribution in [1.82, 2.24) is 29.9 Å². The summed E-state index contributed by atoms with van der Waals surface area (Å²) < 4.78 is 33.1. The highest BCUT2D eigenvalue weighted by Gasteiger charge is 2.21. The minimum Gasteiger partial charge on any atom is -0.493 e. The second-order valence-electron chi connectivity index (χ2n) is 9.35. The van der Waals surface area contributed by atoms with E-state index in [0.717, 1.165) is 0 Å². The zero-order valence-corrected chi connectivity index (χ0v) is 23.6. The molecule has 0 amide bonds. The number of hydrogen-bond acceptors (Lipinski definition) is 12. The van der Waals surface area contributed by atoms with Crippen LogP contribution in [0.3, 0.4) is 0 Å². The van der Waals surface area contributed by atoms with Crippen molar-refractivity contribution in [3.05, 3.63) is 36.4 Å². The molecule has 0 fully saturated rings. The first-order valence-corrected chi connectivity index (χ1v) is 12.8. The molecule has 0 saturated heterocycles. The van der Waals surface area contributed by atoms with Gasteiger partial charge in [-0.2, -0.15) is 0 Å². The van der Waals surface area contributed by atoms with Crippen molar-refractivity contribution in [3.63, 3.8) is 0 Å². The van der Waals surface area contributed by atoms with Crippen LogP contribution in [0.1, 0.15) is 0 Å². The highest BCUT2D eigenvalue weighted by atomic mass is 16.5. The molecule has 4 aromatic carbocycles. The molecule has 42 heavy (non-hydrogen) atoms. The second kappa shape index (κ2) is 9.54. The summed E-state index contributed by atoms with van der Waals surface area (Å²) in [6.45, 7) is 0. The number of fused-ring (bicyclic) bond motifs is 9. The highest BCUT2D eigenvalue weighted by molar-refractivity contribution is 6.21. The standard InChI is InChI=1S/C30H24N6O6/c1-37-19-7-13-14(8-20(19)38-2)32-26-25(31-13)27-29(35-16-10-22(40-4)21(39-3)9-15(16)33-27)30-28(26)34-17-11-23(41-5)24(42-6)12-18(17)36-30/h7-12H,1-6H3. The maximum Gasteiger partial charge on any atom is 0.163 e. The van der Waals surface area contributed by atoms with E-state index in [2.05, 4.69) is 0 Å². The molecule has 0 atom stereocenters. The molecule has 0 unspecified atom stereocenters. The summed E-state index contributed by atoms with van der Waals surface area (Å²) in [7, 11) is 9.44. The molecule has 12 heteroatoms. The van der Waals surface area contributed by atoms with Crippen molar-refractivity contribution < 1.29 is 28.4 Å². The molecule has 7 aromatic rings. The molecule has 12 nitrogen and oxygen atoms in total. The zero-order valence-electron chi connectivity index (χ0n) is 23.6. The Morgan fingerprint density at radius 2 is 0.429 bits per heavy atom. The van der Waals surface area contributed by atoms with E-state index in [9.17, 15) is 0 Å². The third-order valence-electron chi connectivity index (χ3n) is 7.18. The molecular formula is C30H24N6O6. The van der Waals surface area contributed by atoms with Crippen molar-refractivity contribution in [3.8, 4) is 34.5 Å². The van der Waals surface area contributed by atoms with E-state index in [1.165, 1.54) is 0 Å². The Labute approximate surface area is 238 Å². The number of benzene rings is 4. The topological polar surface area (TPSA) is 133 Å². The summed E-state index contributed by atoms with van der Waals surface area (Å²) >= 11 is 0. The lowest BCUT2D eigenvalue weighted by atomic mass is 10.1.